The van der Waals surface area contributed by atoms with Crippen LogP contribution in [-0.4, -0.2) is 16.1 Å². The second-order valence-corrected chi connectivity index (χ2v) is 3.67. The molecule has 0 saturated carbocycles. The molecule has 0 unspecified atom stereocenters. The average molecular weight is 252 g/mol. The molecule has 0 bridgehead atoms. The number of aromatic nitrogens is 1. The number of rotatable bonds is 4. The van der Waals surface area contributed by atoms with Crippen molar-refractivity contribution in [3.8, 4) is 0 Å². The van der Waals surface area contributed by atoms with Crippen LogP contribution in [0.2, 0.25) is 10.3 Å². The van der Waals surface area contributed by atoms with E-state index in [9.17, 15) is 9.18 Å². The normalized spacial score (nSPS) is 10.3. The fourth-order valence-corrected chi connectivity index (χ4v) is 1.50. The van der Waals surface area contributed by atoms with E-state index >= 15 is 0 Å². The van der Waals surface area contributed by atoms with Crippen molar-refractivity contribution in [2.45, 2.75) is 19.3 Å². The van der Waals surface area contributed by atoms with Crippen LogP contribution >= 0.6 is 23.2 Å². The van der Waals surface area contributed by atoms with Crippen LogP contribution in [0, 0.1) is 5.82 Å². The molecule has 3 nitrogen and oxygen atoms in total. The quantitative estimate of drug-likeness (QED) is 0.838. The topological polar surface area (TPSA) is 50.2 Å². The summed E-state index contributed by atoms with van der Waals surface area (Å²) in [5.74, 6) is -1.54. The van der Waals surface area contributed by atoms with Crippen molar-refractivity contribution in [2.75, 3.05) is 0 Å². The van der Waals surface area contributed by atoms with Gasteiger partial charge >= 0.3 is 5.97 Å². The zero-order valence-electron chi connectivity index (χ0n) is 7.64. The van der Waals surface area contributed by atoms with E-state index in [2.05, 4.69) is 4.98 Å². The Labute approximate surface area is 95.8 Å². The molecule has 0 aromatic carbocycles. The Kier molecular flexibility index (Phi) is 4.29. The third-order valence-electron chi connectivity index (χ3n) is 1.80. The Bertz CT molecular complexity index is 385. The van der Waals surface area contributed by atoms with E-state index in [1.807, 2.05) is 0 Å². The number of hydrogen-bond acceptors (Lipinski definition) is 2. The van der Waals surface area contributed by atoms with Gasteiger partial charge in [0.25, 0.3) is 0 Å². The van der Waals surface area contributed by atoms with Crippen molar-refractivity contribution in [2.24, 2.45) is 0 Å². The maximum Gasteiger partial charge on any atom is 0.303 e. The number of hydrogen-bond donors (Lipinski definition) is 1. The smallest absolute Gasteiger partial charge is 0.303 e. The molecule has 0 aliphatic rings. The van der Waals surface area contributed by atoms with Gasteiger partial charge in [0, 0.05) is 6.42 Å². The molecule has 0 amide bonds. The van der Waals surface area contributed by atoms with Gasteiger partial charge in [0.15, 0.2) is 11.0 Å². The number of aryl methyl sites for hydroxylation is 1. The molecule has 0 fully saturated rings. The minimum Gasteiger partial charge on any atom is -0.481 e. The lowest BCUT2D eigenvalue weighted by Gasteiger charge is -2.03. The van der Waals surface area contributed by atoms with Crippen LogP contribution < -0.4 is 0 Å². The molecule has 1 heterocycles. The van der Waals surface area contributed by atoms with Gasteiger partial charge in [-0.2, -0.15) is 0 Å². The second kappa shape index (κ2) is 5.28. The minimum atomic E-state index is -0.895. The van der Waals surface area contributed by atoms with E-state index in [1.54, 1.807) is 0 Å². The number of pyridine rings is 1. The Morgan fingerprint density at radius 3 is 2.73 bits per heavy atom. The zero-order chi connectivity index (χ0) is 11.4. The molecule has 0 aliphatic heterocycles. The van der Waals surface area contributed by atoms with Crippen LogP contribution in [0.4, 0.5) is 4.39 Å². The molecule has 0 spiro atoms. The predicted octanol–water partition coefficient (Wildman–Crippen LogP) is 2.93. The summed E-state index contributed by atoms with van der Waals surface area (Å²) in [5, 5.41) is 8.26. The van der Waals surface area contributed by atoms with E-state index in [0.29, 0.717) is 18.4 Å². The summed E-state index contributed by atoms with van der Waals surface area (Å²) in [6, 6.07) is 1.18. The van der Waals surface area contributed by atoms with E-state index in [-0.39, 0.29) is 16.7 Å². The van der Waals surface area contributed by atoms with Crippen LogP contribution in [0.3, 0.4) is 0 Å². The molecule has 1 N–H and O–H groups in total. The van der Waals surface area contributed by atoms with Gasteiger partial charge in [0.05, 0.1) is 0 Å². The van der Waals surface area contributed by atoms with Crippen molar-refractivity contribution >= 4 is 29.2 Å². The van der Waals surface area contributed by atoms with Crippen molar-refractivity contribution in [3.05, 3.63) is 27.8 Å². The molecule has 0 saturated heterocycles. The number of aliphatic carboxylic acids is 1. The first-order valence-electron chi connectivity index (χ1n) is 4.23. The SMILES string of the molecule is O=C(O)CCCc1cc(F)c(Cl)nc1Cl. The molecule has 6 heteroatoms. The monoisotopic (exact) mass is 251 g/mol. The lowest BCUT2D eigenvalue weighted by Crippen LogP contribution is -1.98. The van der Waals surface area contributed by atoms with Crippen molar-refractivity contribution in [1.29, 1.82) is 0 Å². The van der Waals surface area contributed by atoms with Crippen molar-refractivity contribution < 1.29 is 14.3 Å². The predicted molar refractivity (Wildman–Crippen MR) is 54.8 cm³/mol. The molecule has 1 aromatic rings. The van der Waals surface area contributed by atoms with Crippen LogP contribution in [0.15, 0.2) is 6.07 Å². The number of carboxylic acid groups (broad SMARTS) is 1. The highest BCUT2D eigenvalue weighted by molar-refractivity contribution is 6.32. The zero-order valence-corrected chi connectivity index (χ0v) is 9.15. The fraction of sp³-hybridized carbons (Fsp3) is 0.333. The van der Waals surface area contributed by atoms with Crippen LogP contribution in [0.1, 0.15) is 18.4 Å². The average Bonchev–Trinajstić information content (AvgIpc) is 2.13. The van der Waals surface area contributed by atoms with Gasteiger partial charge in [-0.1, -0.05) is 23.2 Å². The standard InChI is InChI=1S/C9H8Cl2FNO2/c10-8-5(2-1-3-7(14)15)4-6(12)9(11)13-8/h4H,1-3H2,(H,14,15). The van der Waals surface area contributed by atoms with Crippen molar-refractivity contribution in [1.82, 2.24) is 4.98 Å². The van der Waals surface area contributed by atoms with E-state index in [0.717, 1.165) is 0 Å². The Balaban J connectivity index is 2.69. The number of carboxylic acids is 1. The summed E-state index contributed by atoms with van der Waals surface area (Å²) in [5.41, 5.74) is 0.472. The highest BCUT2D eigenvalue weighted by atomic mass is 35.5. The molecule has 82 valence electrons. The maximum atomic E-state index is 13.0. The largest absolute Gasteiger partial charge is 0.481 e. The Morgan fingerprint density at radius 2 is 2.13 bits per heavy atom. The number of carbonyl (C=O) groups is 1. The molecular weight excluding hydrogens is 244 g/mol. The summed E-state index contributed by atoms with van der Waals surface area (Å²) in [4.78, 5) is 13.8. The van der Waals surface area contributed by atoms with Gasteiger partial charge in [-0.25, -0.2) is 9.37 Å². The van der Waals surface area contributed by atoms with Gasteiger partial charge in [0.2, 0.25) is 0 Å². The molecule has 1 rings (SSSR count). The summed E-state index contributed by atoms with van der Waals surface area (Å²) in [6.45, 7) is 0. The molecule has 0 radical (unpaired) electrons. The highest BCUT2D eigenvalue weighted by Crippen LogP contribution is 2.21. The van der Waals surface area contributed by atoms with Crippen LogP contribution in [0.5, 0.6) is 0 Å². The van der Waals surface area contributed by atoms with Gasteiger partial charge in [-0.15, -0.1) is 0 Å². The summed E-state index contributed by atoms with van der Waals surface area (Å²) in [6.07, 6.45) is 0.768. The van der Waals surface area contributed by atoms with E-state index < -0.39 is 11.8 Å². The van der Waals surface area contributed by atoms with Gasteiger partial charge in [-0.05, 0) is 24.5 Å². The molecule has 0 atom stereocenters. The summed E-state index contributed by atoms with van der Waals surface area (Å²) < 4.78 is 13.0. The number of nitrogens with zero attached hydrogens (tertiary/aromatic N) is 1. The van der Waals surface area contributed by atoms with Gasteiger partial charge < -0.3 is 5.11 Å². The summed E-state index contributed by atoms with van der Waals surface area (Å²) >= 11 is 11.1. The Hall–Kier alpha value is -0.870. The first-order chi connectivity index (χ1) is 7.00. The molecular formula is C9H8Cl2FNO2. The fourth-order valence-electron chi connectivity index (χ4n) is 1.09. The number of halogens is 3. The van der Waals surface area contributed by atoms with Crippen molar-refractivity contribution in [3.63, 3.8) is 0 Å². The highest BCUT2D eigenvalue weighted by Gasteiger charge is 2.09. The second-order valence-electron chi connectivity index (χ2n) is 2.96. The van der Waals surface area contributed by atoms with E-state index in [4.69, 9.17) is 28.3 Å². The summed E-state index contributed by atoms with van der Waals surface area (Å²) in [7, 11) is 0. The van der Waals surface area contributed by atoms with Gasteiger partial charge in [0.1, 0.15) is 5.15 Å². The van der Waals surface area contributed by atoms with Gasteiger partial charge in [-0.3, -0.25) is 4.79 Å². The molecule has 0 aliphatic carbocycles. The van der Waals surface area contributed by atoms with Crippen LogP contribution in [0.25, 0.3) is 0 Å². The maximum absolute atomic E-state index is 13.0. The third kappa shape index (κ3) is 3.64. The van der Waals surface area contributed by atoms with E-state index in [1.165, 1.54) is 6.07 Å². The lowest BCUT2D eigenvalue weighted by atomic mass is 10.1. The third-order valence-corrected chi connectivity index (χ3v) is 2.39. The molecule has 1 aromatic heterocycles. The lowest BCUT2D eigenvalue weighted by molar-refractivity contribution is -0.137. The minimum absolute atomic E-state index is 0.0145. The first kappa shape index (κ1) is 12.2. The first-order valence-corrected chi connectivity index (χ1v) is 4.98. The molecule has 15 heavy (non-hydrogen) atoms. The van der Waals surface area contributed by atoms with Crippen LogP contribution in [-0.2, 0) is 11.2 Å². The Morgan fingerprint density at radius 1 is 1.47 bits per heavy atom.